The van der Waals surface area contributed by atoms with E-state index in [0.29, 0.717) is 37.8 Å². The third-order valence-corrected chi connectivity index (χ3v) is 12.8. The number of hydrazone groups is 1. The maximum atomic E-state index is 13.9. The second kappa shape index (κ2) is 29.7. The number of aryl methyl sites for hydroxylation is 1. The lowest BCUT2D eigenvalue weighted by atomic mass is 10.0. The number of hydrogen-bond acceptors (Lipinski definition) is 15. The number of rotatable bonds is 25. The van der Waals surface area contributed by atoms with Crippen LogP contribution in [-0.4, -0.2) is 120 Å². The Morgan fingerprint density at radius 1 is 0.776 bits per heavy atom. The number of hydrogen-bond donors (Lipinski definition) is 11. The summed E-state index contributed by atoms with van der Waals surface area (Å²) in [5, 5.41) is 17.3. The first-order valence-electron chi connectivity index (χ1n) is 24.3. The molecule has 2 heterocycles. The highest BCUT2D eigenvalue weighted by Crippen LogP contribution is 2.18. The summed E-state index contributed by atoms with van der Waals surface area (Å²) in [6.07, 6.45) is 4.81. The van der Waals surface area contributed by atoms with Crippen LogP contribution < -0.4 is 54.7 Å². The molecule has 0 aliphatic carbocycles. The average Bonchev–Trinajstić information content (AvgIpc) is 3.90. The lowest BCUT2D eigenvalue weighted by Crippen LogP contribution is -2.57. The van der Waals surface area contributed by atoms with E-state index >= 15 is 0 Å². The molecule has 1 aromatic heterocycles. The summed E-state index contributed by atoms with van der Waals surface area (Å²) < 4.78 is 32.6. The normalized spacial score (nSPS) is 14.3. The van der Waals surface area contributed by atoms with Crippen molar-refractivity contribution in [2.45, 2.75) is 101 Å². The summed E-state index contributed by atoms with van der Waals surface area (Å²) >= 11 is 0. The van der Waals surface area contributed by atoms with Gasteiger partial charge in [-0.15, -0.1) is 0 Å². The van der Waals surface area contributed by atoms with Crippen molar-refractivity contribution in [2.24, 2.45) is 16.8 Å². The minimum Gasteiger partial charge on any atom is -0.348 e. The number of benzene rings is 3. The molecule has 76 heavy (non-hydrogen) atoms. The number of carbonyl (C=O) groups is 8. The summed E-state index contributed by atoms with van der Waals surface area (Å²) in [7, 11) is -4.46. The quantitative estimate of drug-likeness (QED) is 0.0255. The summed E-state index contributed by atoms with van der Waals surface area (Å²) in [4.78, 5) is 111. The van der Waals surface area contributed by atoms with Crippen LogP contribution in [0.25, 0.3) is 0 Å². The molecule has 5 rings (SSSR count). The molecule has 4 atom stereocenters. The van der Waals surface area contributed by atoms with Crippen molar-refractivity contribution in [1.82, 2.24) is 53.5 Å². The van der Waals surface area contributed by atoms with Crippen molar-refractivity contribution in [2.75, 3.05) is 25.1 Å². The molecule has 1 aliphatic heterocycles. The van der Waals surface area contributed by atoms with E-state index in [1.165, 1.54) is 66.7 Å². The topological polar surface area (TPSA) is 377 Å². The molecule has 0 radical (unpaired) electrons. The van der Waals surface area contributed by atoms with Gasteiger partial charge in [0.2, 0.25) is 29.5 Å². The third kappa shape index (κ3) is 19.0. The molecular weight excluding hydrogens is 1000 g/mol. The average molecular weight is 1070 g/mol. The Morgan fingerprint density at radius 2 is 1.46 bits per heavy atom. The molecule has 24 nitrogen and oxygen atoms in total. The molecule has 25 heteroatoms. The van der Waals surface area contributed by atoms with E-state index in [1.807, 2.05) is 44.2 Å². The van der Waals surface area contributed by atoms with E-state index in [2.05, 4.69) is 52.9 Å². The number of nitrogens with zero attached hydrogens (tertiary/aromatic N) is 3. The third-order valence-electron chi connectivity index (χ3n) is 11.8. The van der Waals surface area contributed by atoms with Crippen molar-refractivity contribution in [3.05, 3.63) is 125 Å². The predicted octanol–water partition coefficient (Wildman–Crippen LogP) is 1.63. The van der Waals surface area contributed by atoms with Gasteiger partial charge in [0.1, 0.15) is 34.9 Å². The fourth-order valence-corrected chi connectivity index (χ4v) is 8.60. The van der Waals surface area contributed by atoms with E-state index in [-0.39, 0.29) is 77.7 Å². The Labute approximate surface area is 440 Å². The zero-order valence-corrected chi connectivity index (χ0v) is 43.4. The van der Waals surface area contributed by atoms with Crippen LogP contribution in [0.15, 0.2) is 107 Å². The zero-order chi connectivity index (χ0) is 54.5. The smallest absolute Gasteiger partial charge is 0.295 e. The van der Waals surface area contributed by atoms with Gasteiger partial charge in [-0.1, -0.05) is 74.5 Å². The van der Waals surface area contributed by atoms with Crippen LogP contribution in [0, 0.1) is 5.92 Å². The number of pyridine rings is 1. The number of aromatic nitrogens is 1. The lowest BCUT2D eigenvalue weighted by Gasteiger charge is -2.26. The predicted molar refractivity (Wildman–Crippen MR) is 282 cm³/mol. The zero-order valence-electron chi connectivity index (χ0n) is 42.5. The Bertz CT molecular complexity index is 2780. The molecule has 14 N–H and O–H groups in total. The minimum atomic E-state index is -4.46. The highest BCUT2D eigenvalue weighted by Gasteiger charge is 2.35. The summed E-state index contributed by atoms with van der Waals surface area (Å²) in [6.45, 7) is 5.27. The van der Waals surface area contributed by atoms with Crippen molar-refractivity contribution in [1.29, 1.82) is 0 Å². The Kier molecular flexibility index (Phi) is 23.6. The lowest BCUT2D eigenvalue weighted by molar-refractivity contribution is -0.138. The van der Waals surface area contributed by atoms with E-state index < -0.39 is 82.2 Å². The second-order valence-electron chi connectivity index (χ2n) is 18.1. The van der Waals surface area contributed by atoms with Gasteiger partial charge in [-0.3, -0.25) is 59.2 Å². The van der Waals surface area contributed by atoms with E-state index in [9.17, 15) is 51.3 Å². The number of hydrazine groups is 1. The number of anilines is 1. The van der Waals surface area contributed by atoms with Gasteiger partial charge >= 0.3 is 0 Å². The van der Waals surface area contributed by atoms with Crippen molar-refractivity contribution in [3.63, 3.8) is 0 Å². The molecule has 0 bridgehead atoms. The van der Waals surface area contributed by atoms with Gasteiger partial charge < -0.3 is 43.4 Å². The Balaban J connectivity index is 0.0000125. The number of nitrogens with two attached hydrogens (primary N) is 1. The number of carbonyl (C=O) groups excluding carboxylic acids is 8. The van der Waals surface area contributed by atoms with Crippen LogP contribution >= 0.6 is 0 Å². The Hall–Kier alpha value is -8.13. The molecule has 0 saturated carbocycles. The van der Waals surface area contributed by atoms with Gasteiger partial charge in [0.05, 0.1) is 18.3 Å². The van der Waals surface area contributed by atoms with Crippen LogP contribution in [0.1, 0.15) is 96.7 Å². The van der Waals surface area contributed by atoms with E-state index in [4.69, 9.17) is 5.73 Å². The van der Waals surface area contributed by atoms with Crippen molar-refractivity contribution in [3.8, 4) is 0 Å². The molecule has 1 aliphatic rings. The highest BCUT2D eigenvalue weighted by molar-refractivity contribution is 7.86. The molecule has 4 aromatic rings. The fraction of sp³-hybridized carbons (Fsp3) is 0.373. The van der Waals surface area contributed by atoms with Crippen LogP contribution in [0.3, 0.4) is 0 Å². The standard InChI is InChI=1S/C51H64N12O11S.H3N/c1-32(2)27-41(59-49(69)40(23-19-34-11-5-4-6-12-34)57-45(65)31-55-48(68)39(14-9-25-52)58-51(71)42-15-10-26-63(42)33(3)64)50(70)62-61-47(67)36-20-17-35(18-21-36)28-54-46(66)38-22-24-44(53-29-38)60-56-30-37-13-7-8-16-43(37)75(72,73)74;/h4-8,11-13,16-18,20-22,24,29-30,32,39-42H,9-10,14-15,19,23,25-28,31,52H2,1-3H3,(H,53,60)(H,54,66)(H,55,68)(H,57,65)(H,58,71)(H,59,69)(H,61,67)(H,62,70)(H,72,73,74);1H3/b56-30+;/t39-,40-,41-,42-;/m0./s1. The monoisotopic (exact) mass is 1070 g/mol. The second-order valence-corrected chi connectivity index (χ2v) is 19.4. The fourth-order valence-electron chi connectivity index (χ4n) is 7.93. The molecule has 408 valence electrons. The van der Waals surface area contributed by atoms with Gasteiger partial charge in [0, 0.05) is 37.3 Å². The molecule has 8 amide bonds. The van der Waals surface area contributed by atoms with Crippen molar-refractivity contribution >= 4 is 69.4 Å². The molecule has 1 fully saturated rings. The molecule has 0 spiro atoms. The van der Waals surface area contributed by atoms with Crippen LogP contribution in [0.5, 0.6) is 0 Å². The van der Waals surface area contributed by atoms with E-state index in [0.717, 1.165) is 5.56 Å². The SMILES string of the molecule is CC(=O)N1CCC[C@H]1C(=O)N[C@@H](CCCN)C(=O)NCC(=O)N[C@@H](CCc1ccccc1)C(=O)N[C@@H](CC(C)C)C(=O)NNC(=O)c1ccc(CNC(=O)c2ccc(N/N=C/c3ccccc3S(=O)(=O)O)nc2)cc1.N. The van der Waals surface area contributed by atoms with Gasteiger partial charge in [-0.2, -0.15) is 13.5 Å². The van der Waals surface area contributed by atoms with Gasteiger partial charge in [0.15, 0.2) is 0 Å². The van der Waals surface area contributed by atoms with Crippen LogP contribution in [0.4, 0.5) is 5.82 Å². The molecule has 3 aromatic carbocycles. The maximum Gasteiger partial charge on any atom is 0.295 e. The van der Waals surface area contributed by atoms with Crippen LogP contribution in [-0.2, 0) is 51.9 Å². The highest BCUT2D eigenvalue weighted by atomic mass is 32.2. The number of nitrogens with one attached hydrogen (secondary N) is 8. The summed E-state index contributed by atoms with van der Waals surface area (Å²) in [5.74, 6) is -4.47. The van der Waals surface area contributed by atoms with Crippen LogP contribution in [0.2, 0.25) is 0 Å². The summed E-state index contributed by atoms with van der Waals surface area (Å²) in [5.41, 5.74) is 15.1. The largest absolute Gasteiger partial charge is 0.348 e. The first-order chi connectivity index (χ1) is 35.8. The number of likely N-dealkylation sites (tertiary alicyclic amines) is 1. The number of amides is 8. The van der Waals surface area contributed by atoms with Crippen molar-refractivity contribution < 1.29 is 51.3 Å². The molecular formula is C51H67N13O11S. The van der Waals surface area contributed by atoms with Gasteiger partial charge in [-0.25, -0.2) is 4.98 Å². The maximum absolute atomic E-state index is 13.9. The van der Waals surface area contributed by atoms with Gasteiger partial charge in [0.25, 0.3) is 27.8 Å². The first-order valence-corrected chi connectivity index (χ1v) is 25.7. The van der Waals surface area contributed by atoms with E-state index in [1.54, 1.807) is 18.2 Å². The first kappa shape index (κ1) is 60.4. The summed E-state index contributed by atoms with van der Waals surface area (Å²) in [6, 6.07) is 20.1. The Morgan fingerprint density at radius 3 is 2.12 bits per heavy atom. The van der Waals surface area contributed by atoms with Gasteiger partial charge in [-0.05, 0) is 98.9 Å². The molecule has 1 saturated heterocycles. The molecule has 0 unspecified atom stereocenters. The minimum absolute atomic E-state index is 0.